The minimum absolute atomic E-state index is 0.0383. The summed E-state index contributed by atoms with van der Waals surface area (Å²) in [4.78, 5) is 18.9. The molecule has 2 heterocycles. The molecule has 0 radical (unpaired) electrons. The Hall–Kier alpha value is -2.13. The number of thioether (sulfide) groups is 1. The highest BCUT2D eigenvalue weighted by atomic mass is 32.2. The van der Waals surface area contributed by atoms with Crippen LogP contribution in [0.4, 0.5) is 0 Å². The molecule has 0 unspecified atom stereocenters. The Morgan fingerprint density at radius 3 is 2.72 bits per heavy atom. The molecule has 7 nitrogen and oxygen atoms in total. The SMILES string of the molecule is CCCS(=O)(=O)/C(=C1/C=NN(CC)C1=O)c1ccc2c(c1C)/C(=N/OC)CCS2. The van der Waals surface area contributed by atoms with Gasteiger partial charge < -0.3 is 4.84 Å². The number of amides is 1. The van der Waals surface area contributed by atoms with Crippen LogP contribution in [0.5, 0.6) is 0 Å². The molecular weight excluding hydrogens is 410 g/mol. The highest BCUT2D eigenvalue weighted by Crippen LogP contribution is 2.38. The van der Waals surface area contributed by atoms with Crippen LogP contribution in [0.25, 0.3) is 4.91 Å². The Kier molecular flexibility index (Phi) is 6.48. The Morgan fingerprint density at radius 1 is 1.34 bits per heavy atom. The normalized spacial score (nSPS) is 19.7. The fraction of sp³-hybridized carbons (Fsp3) is 0.450. The van der Waals surface area contributed by atoms with Gasteiger partial charge in [0.15, 0.2) is 9.84 Å². The topological polar surface area (TPSA) is 88.4 Å². The van der Waals surface area contributed by atoms with Crippen molar-refractivity contribution in [2.24, 2.45) is 10.3 Å². The molecule has 0 atom stereocenters. The third-order valence-corrected chi connectivity index (χ3v) is 7.94. The number of oxime groups is 1. The monoisotopic (exact) mass is 435 g/mol. The van der Waals surface area contributed by atoms with Gasteiger partial charge in [-0.25, -0.2) is 13.4 Å². The molecule has 1 amide bonds. The van der Waals surface area contributed by atoms with E-state index in [-0.39, 0.29) is 22.1 Å². The first-order chi connectivity index (χ1) is 13.9. The van der Waals surface area contributed by atoms with Gasteiger partial charge in [0, 0.05) is 29.2 Å². The second kappa shape index (κ2) is 8.71. The lowest BCUT2D eigenvalue weighted by molar-refractivity contribution is -0.125. The lowest BCUT2D eigenvalue weighted by Gasteiger charge is -2.22. The largest absolute Gasteiger partial charge is 0.399 e. The first kappa shape index (κ1) is 21.6. The third kappa shape index (κ3) is 3.98. The fourth-order valence-corrected chi connectivity index (χ4v) is 6.47. The van der Waals surface area contributed by atoms with E-state index in [1.165, 1.54) is 18.3 Å². The summed E-state index contributed by atoms with van der Waals surface area (Å²) in [7, 11) is -2.19. The van der Waals surface area contributed by atoms with Crippen molar-refractivity contribution in [3.05, 3.63) is 34.4 Å². The third-order valence-electron chi connectivity index (χ3n) is 4.88. The molecule has 0 aliphatic carbocycles. The van der Waals surface area contributed by atoms with Crippen molar-refractivity contribution in [1.29, 1.82) is 0 Å². The molecule has 1 aromatic rings. The average molecular weight is 436 g/mol. The van der Waals surface area contributed by atoms with Gasteiger partial charge in [0.25, 0.3) is 5.91 Å². The van der Waals surface area contributed by atoms with E-state index in [1.807, 2.05) is 19.9 Å². The van der Waals surface area contributed by atoms with Crippen LogP contribution >= 0.6 is 11.8 Å². The number of nitrogens with zero attached hydrogens (tertiary/aromatic N) is 3. The second-order valence-corrected chi connectivity index (χ2v) is 9.94. The van der Waals surface area contributed by atoms with Gasteiger partial charge in [0.1, 0.15) is 7.11 Å². The summed E-state index contributed by atoms with van der Waals surface area (Å²) in [6, 6.07) is 3.70. The lowest BCUT2D eigenvalue weighted by atomic mass is 9.95. The van der Waals surface area contributed by atoms with Crippen molar-refractivity contribution in [1.82, 2.24) is 5.01 Å². The van der Waals surface area contributed by atoms with Crippen LogP contribution in [0.2, 0.25) is 0 Å². The van der Waals surface area contributed by atoms with E-state index in [2.05, 4.69) is 10.3 Å². The van der Waals surface area contributed by atoms with Gasteiger partial charge in [-0.2, -0.15) is 5.10 Å². The maximum absolute atomic E-state index is 13.2. The van der Waals surface area contributed by atoms with Crippen LogP contribution < -0.4 is 0 Å². The van der Waals surface area contributed by atoms with Crippen molar-refractivity contribution >= 4 is 44.3 Å². The molecule has 0 aromatic heterocycles. The molecule has 0 fully saturated rings. The molecule has 156 valence electrons. The maximum Gasteiger partial charge on any atom is 0.276 e. The van der Waals surface area contributed by atoms with Gasteiger partial charge in [-0.1, -0.05) is 18.1 Å². The van der Waals surface area contributed by atoms with E-state index >= 15 is 0 Å². The van der Waals surface area contributed by atoms with Gasteiger partial charge >= 0.3 is 0 Å². The van der Waals surface area contributed by atoms with Crippen molar-refractivity contribution in [2.75, 3.05) is 25.2 Å². The summed E-state index contributed by atoms with van der Waals surface area (Å²) in [6.45, 7) is 5.86. The molecule has 3 rings (SSSR count). The zero-order valence-electron chi connectivity index (χ0n) is 17.1. The summed E-state index contributed by atoms with van der Waals surface area (Å²) in [6.07, 6.45) is 2.55. The number of rotatable bonds is 6. The minimum Gasteiger partial charge on any atom is -0.399 e. The minimum atomic E-state index is -3.69. The molecule has 2 aliphatic heterocycles. The van der Waals surface area contributed by atoms with Crippen molar-refractivity contribution < 1.29 is 18.0 Å². The quantitative estimate of drug-likeness (QED) is 0.506. The van der Waals surface area contributed by atoms with Crippen LogP contribution in [0.3, 0.4) is 0 Å². The number of likely N-dealkylation sites (N-methyl/N-ethyl adjacent to an activating group) is 1. The predicted octanol–water partition coefficient (Wildman–Crippen LogP) is 3.23. The van der Waals surface area contributed by atoms with Crippen LogP contribution in [0, 0.1) is 6.92 Å². The smallest absolute Gasteiger partial charge is 0.276 e. The molecule has 29 heavy (non-hydrogen) atoms. The number of benzene rings is 1. The molecule has 9 heteroatoms. The van der Waals surface area contributed by atoms with Gasteiger partial charge in [-0.15, -0.1) is 11.8 Å². The van der Waals surface area contributed by atoms with Gasteiger partial charge in [-0.05, 0) is 37.5 Å². The van der Waals surface area contributed by atoms with Gasteiger partial charge in [-0.3, -0.25) is 4.79 Å². The first-order valence-electron chi connectivity index (χ1n) is 9.55. The molecule has 0 bridgehead atoms. The van der Waals surface area contributed by atoms with E-state index in [9.17, 15) is 13.2 Å². The molecule has 2 aliphatic rings. The van der Waals surface area contributed by atoms with Crippen LogP contribution in [0.15, 0.2) is 32.9 Å². The number of hydrogen-bond acceptors (Lipinski definition) is 7. The Balaban J connectivity index is 2.29. The predicted molar refractivity (Wildman–Crippen MR) is 117 cm³/mol. The number of hydrogen-bond donors (Lipinski definition) is 0. The van der Waals surface area contributed by atoms with E-state index < -0.39 is 9.84 Å². The molecule has 1 aromatic carbocycles. The Bertz CT molecular complexity index is 1030. The number of hydrazone groups is 1. The molecule has 0 saturated carbocycles. The number of carbonyl (C=O) groups is 1. The van der Waals surface area contributed by atoms with E-state index in [0.717, 1.165) is 33.9 Å². The summed E-state index contributed by atoms with van der Waals surface area (Å²) < 4.78 is 26.5. The standard InChI is InChI=1S/C20H25N3O4S2/c1-5-11-29(25,26)19(15-12-21-23(6-2)20(15)24)14-7-8-17-18(13(14)3)16(22-27-4)9-10-28-17/h7-8,12H,5-6,9-11H2,1-4H3/b19-15-,22-16+. The summed E-state index contributed by atoms with van der Waals surface area (Å²) in [5.74, 6) is 0.454. The van der Waals surface area contributed by atoms with Crippen LogP contribution in [-0.4, -0.2) is 56.4 Å². The average Bonchev–Trinajstić information content (AvgIpc) is 3.04. The summed E-state index contributed by atoms with van der Waals surface area (Å²) in [5.41, 5.74) is 3.11. The Morgan fingerprint density at radius 2 is 2.10 bits per heavy atom. The highest BCUT2D eigenvalue weighted by Gasteiger charge is 2.33. The van der Waals surface area contributed by atoms with E-state index in [0.29, 0.717) is 18.5 Å². The van der Waals surface area contributed by atoms with Crippen molar-refractivity contribution in [3.63, 3.8) is 0 Å². The molecule has 0 spiro atoms. The summed E-state index contributed by atoms with van der Waals surface area (Å²) in [5, 5.41) is 9.52. The maximum atomic E-state index is 13.2. The van der Waals surface area contributed by atoms with Gasteiger partial charge in [0.2, 0.25) is 0 Å². The zero-order valence-corrected chi connectivity index (χ0v) is 18.7. The molecule has 0 N–H and O–H groups in total. The fourth-order valence-electron chi connectivity index (χ4n) is 3.60. The van der Waals surface area contributed by atoms with Crippen LogP contribution in [0.1, 0.15) is 43.4 Å². The van der Waals surface area contributed by atoms with Crippen molar-refractivity contribution in [3.8, 4) is 0 Å². The highest BCUT2D eigenvalue weighted by molar-refractivity contribution is 8.00. The lowest BCUT2D eigenvalue weighted by Crippen LogP contribution is -2.24. The Labute approximate surface area is 175 Å². The van der Waals surface area contributed by atoms with E-state index in [1.54, 1.807) is 24.8 Å². The molecule has 0 saturated heterocycles. The van der Waals surface area contributed by atoms with E-state index in [4.69, 9.17) is 4.84 Å². The number of sulfone groups is 1. The van der Waals surface area contributed by atoms with Crippen LogP contribution in [-0.2, 0) is 19.5 Å². The number of fused-ring (bicyclic) bond motifs is 1. The van der Waals surface area contributed by atoms with Crippen molar-refractivity contribution in [2.45, 2.75) is 38.5 Å². The summed E-state index contributed by atoms with van der Waals surface area (Å²) >= 11 is 1.70. The molecular formula is C20H25N3O4S2. The zero-order chi connectivity index (χ0) is 21.2. The number of carbonyl (C=O) groups excluding carboxylic acids is 1. The second-order valence-electron chi connectivity index (χ2n) is 6.76. The van der Waals surface area contributed by atoms with Gasteiger partial charge in [0.05, 0.1) is 28.2 Å². The first-order valence-corrected chi connectivity index (χ1v) is 12.2.